The van der Waals surface area contributed by atoms with E-state index in [1.807, 2.05) is 6.92 Å². The Hall–Kier alpha value is -2.86. The summed E-state index contributed by atoms with van der Waals surface area (Å²) in [5.74, 6) is 0.384. The smallest absolute Gasteiger partial charge is 0.274 e. The lowest BCUT2D eigenvalue weighted by Gasteiger charge is -2.18. The van der Waals surface area contributed by atoms with Gasteiger partial charge in [0.05, 0.1) is 11.9 Å². The fraction of sp³-hybridized carbons (Fsp3) is 0.250. The maximum Gasteiger partial charge on any atom is 0.274 e. The summed E-state index contributed by atoms with van der Waals surface area (Å²) in [5, 5.41) is 5.91. The molecule has 0 saturated carbocycles. The molecule has 27 heavy (non-hydrogen) atoms. The average Bonchev–Trinajstić information content (AvgIpc) is 2.68. The van der Waals surface area contributed by atoms with Gasteiger partial charge < -0.3 is 9.64 Å². The summed E-state index contributed by atoms with van der Waals surface area (Å²) in [4.78, 5) is 26.8. The Bertz CT molecular complexity index is 1030. The highest BCUT2D eigenvalue weighted by atomic mass is 35.5. The molecule has 1 aromatic heterocycles. The Balaban J connectivity index is 1.78. The molecule has 2 aromatic carbocycles. The van der Waals surface area contributed by atoms with Gasteiger partial charge in [-0.15, -0.1) is 0 Å². The first kappa shape index (κ1) is 18.9. The van der Waals surface area contributed by atoms with Crippen molar-refractivity contribution in [3.63, 3.8) is 0 Å². The van der Waals surface area contributed by atoms with Crippen LogP contribution in [0.1, 0.15) is 17.4 Å². The van der Waals surface area contributed by atoms with Gasteiger partial charge in [-0.25, -0.2) is 4.68 Å². The van der Waals surface area contributed by atoms with Crippen LogP contribution >= 0.6 is 11.6 Å². The van der Waals surface area contributed by atoms with E-state index in [9.17, 15) is 9.59 Å². The summed E-state index contributed by atoms with van der Waals surface area (Å²) in [6.07, 6.45) is 0. The van der Waals surface area contributed by atoms with Crippen molar-refractivity contribution < 1.29 is 9.53 Å². The minimum atomic E-state index is -0.261. The van der Waals surface area contributed by atoms with Crippen LogP contribution in [-0.2, 0) is 6.54 Å². The molecule has 0 fully saturated rings. The summed E-state index contributed by atoms with van der Waals surface area (Å²) < 4.78 is 6.95. The Kier molecular flexibility index (Phi) is 5.76. The van der Waals surface area contributed by atoms with Crippen LogP contribution in [0.3, 0.4) is 0 Å². The highest BCUT2D eigenvalue weighted by molar-refractivity contribution is 6.30. The molecule has 1 amide bonds. The molecule has 0 bridgehead atoms. The number of rotatable bonds is 6. The predicted octanol–water partition coefficient (Wildman–Crippen LogP) is 3.22. The van der Waals surface area contributed by atoms with E-state index < -0.39 is 0 Å². The minimum Gasteiger partial charge on any atom is -0.492 e. The quantitative estimate of drug-likeness (QED) is 0.653. The van der Waals surface area contributed by atoms with Gasteiger partial charge in [0.25, 0.3) is 11.5 Å². The number of aromatic nitrogens is 2. The Labute approximate surface area is 161 Å². The SMILES string of the molecule is CCn1nc(C(=O)N(C)CCOc2cccc(Cl)c2)c2ccccc2c1=O. The molecule has 0 aliphatic rings. The lowest BCUT2D eigenvalue weighted by Crippen LogP contribution is -2.34. The molecular formula is C20H20ClN3O3. The van der Waals surface area contributed by atoms with Gasteiger partial charge in [-0.1, -0.05) is 35.9 Å². The molecule has 0 spiro atoms. The number of carbonyl (C=O) groups excluding carboxylic acids is 1. The predicted molar refractivity (Wildman–Crippen MR) is 106 cm³/mol. The highest BCUT2D eigenvalue weighted by Gasteiger charge is 2.19. The molecule has 140 valence electrons. The number of ether oxygens (including phenoxy) is 1. The molecule has 3 aromatic rings. The van der Waals surface area contributed by atoms with Crippen molar-refractivity contribution in [2.24, 2.45) is 0 Å². The molecule has 0 saturated heterocycles. The lowest BCUT2D eigenvalue weighted by atomic mass is 10.1. The van der Waals surface area contributed by atoms with E-state index >= 15 is 0 Å². The Morgan fingerprint density at radius 1 is 1.19 bits per heavy atom. The van der Waals surface area contributed by atoms with E-state index in [1.165, 1.54) is 9.58 Å². The number of benzene rings is 2. The van der Waals surface area contributed by atoms with Crippen molar-refractivity contribution in [1.82, 2.24) is 14.7 Å². The maximum atomic E-state index is 12.9. The fourth-order valence-corrected chi connectivity index (χ4v) is 2.93. The number of likely N-dealkylation sites (N-methyl/N-ethyl adjacent to an activating group) is 1. The largest absolute Gasteiger partial charge is 0.492 e. The van der Waals surface area contributed by atoms with E-state index in [4.69, 9.17) is 16.3 Å². The number of halogens is 1. The van der Waals surface area contributed by atoms with Gasteiger partial charge in [0.2, 0.25) is 0 Å². The van der Waals surface area contributed by atoms with Crippen molar-refractivity contribution >= 4 is 28.3 Å². The summed E-state index contributed by atoms with van der Waals surface area (Å²) >= 11 is 5.93. The number of carbonyl (C=O) groups is 1. The lowest BCUT2D eigenvalue weighted by molar-refractivity contribution is 0.0767. The average molecular weight is 386 g/mol. The second-order valence-corrected chi connectivity index (χ2v) is 6.48. The van der Waals surface area contributed by atoms with Gasteiger partial charge in [-0.3, -0.25) is 9.59 Å². The number of aryl methyl sites for hydroxylation is 1. The first-order chi connectivity index (χ1) is 13.0. The molecule has 0 radical (unpaired) electrons. The third-order valence-corrected chi connectivity index (χ3v) is 4.44. The summed E-state index contributed by atoms with van der Waals surface area (Å²) in [6, 6.07) is 14.1. The molecular weight excluding hydrogens is 366 g/mol. The Morgan fingerprint density at radius 2 is 1.93 bits per heavy atom. The van der Waals surface area contributed by atoms with Crippen molar-refractivity contribution in [3.05, 3.63) is 69.6 Å². The van der Waals surface area contributed by atoms with E-state index in [0.717, 1.165) is 0 Å². The minimum absolute atomic E-state index is 0.198. The van der Waals surface area contributed by atoms with Gasteiger partial charge in [0.15, 0.2) is 5.69 Å². The summed E-state index contributed by atoms with van der Waals surface area (Å²) in [7, 11) is 1.68. The maximum absolute atomic E-state index is 12.9. The number of hydrogen-bond donors (Lipinski definition) is 0. The summed E-state index contributed by atoms with van der Waals surface area (Å²) in [6.45, 7) is 2.89. The van der Waals surface area contributed by atoms with Crippen molar-refractivity contribution in [1.29, 1.82) is 0 Å². The van der Waals surface area contributed by atoms with Crippen LogP contribution in [0, 0.1) is 0 Å². The van der Waals surface area contributed by atoms with Gasteiger partial charge in [-0.05, 0) is 31.2 Å². The third kappa shape index (κ3) is 4.11. The van der Waals surface area contributed by atoms with Crippen LogP contribution in [0.25, 0.3) is 10.8 Å². The van der Waals surface area contributed by atoms with E-state index in [-0.39, 0.29) is 17.2 Å². The molecule has 0 N–H and O–H groups in total. The topological polar surface area (TPSA) is 64.4 Å². The second kappa shape index (κ2) is 8.22. The van der Waals surface area contributed by atoms with E-state index in [0.29, 0.717) is 41.2 Å². The molecule has 0 unspecified atom stereocenters. The third-order valence-electron chi connectivity index (χ3n) is 4.21. The zero-order valence-corrected chi connectivity index (χ0v) is 15.9. The van der Waals surface area contributed by atoms with Crippen LogP contribution < -0.4 is 10.3 Å². The normalized spacial score (nSPS) is 10.8. The number of fused-ring (bicyclic) bond motifs is 1. The molecule has 0 aliphatic carbocycles. The van der Waals surface area contributed by atoms with E-state index in [1.54, 1.807) is 55.6 Å². The summed E-state index contributed by atoms with van der Waals surface area (Å²) in [5.41, 5.74) is 0.0638. The Morgan fingerprint density at radius 3 is 2.63 bits per heavy atom. The van der Waals surface area contributed by atoms with Crippen molar-refractivity contribution in [2.45, 2.75) is 13.5 Å². The fourth-order valence-electron chi connectivity index (χ4n) is 2.75. The number of hydrogen-bond acceptors (Lipinski definition) is 4. The van der Waals surface area contributed by atoms with Crippen LogP contribution in [0.2, 0.25) is 5.02 Å². The van der Waals surface area contributed by atoms with Crippen LogP contribution in [-0.4, -0.2) is 40.8 Å². The zero-order chi connectivity index (χ0) is 19.4. The number of nitrogens with zero attached hydrogens (tertiary/aromatic N) is 3. The van der Waals surface area contributed by atoms with E-state index in [2.05, 4.69) is 5.10 Å². The molecule has 0 atom stereocenters. The van der Waals surface area contributed by atoms with Gasteiger partial charge in [-0.2, -0.15) is 5.10 Å². The van der Waals surface area contributed by atoms with Crippen LogP contribution in [0.4, 0.5) is 0 Å². The zero-order valence-electron chi connectivity index (χ0n) is 15.2. The molecule has 1 heterocycles. The monoisotopic (exact) mass is 385 g/mol. The standard InChI is InChI=1S/C20H20ClN3O3/c1-3-24-19(25)17-10-5-4-9-16(17)18(22-24)20(26)23(2)11-12-27-15-8-6-7-14(21)13-15/h4-10,13H,3,11-12H2,1-2H3. The molecule has 6 nitrogen and oxygen atoms in total. The van der Waals surface area contributed by atoms with Gasteiger partial charge in [0.1, 0.15) is 12.4 Å². The van der Waals surface area contributed by atoms with Crippen molar-refractivity contribution in [2.75, 3.05) is 20.2 Å². The first-order valence-corrected chi connectivity index (χ1v) is 9.02. The van der Waals surface area contributed by atoms with Crippen LogP contribution in [0.15, 0.2) is 53.3 Å². The van der Waals surface area contributed by atoms with Gasteiger partial charge in [0, 0.05) is 24.0 Å². The van der Waals surface area contributed by atoms with Crippen LogP contribution in [0.5, 0.6) is 5.75 Å². The molecule has 3 rings (SSSR count). The molecule has 7 heteroatoms. The first-order valence-electron chi connectivity index (χ1n) is 8.65. The van der Waals surface area contributed by atoms with Crippen molar-refractivity contribution in [3.8, 4) is 5.75 Å². The second-order valence-electron chi connectivity index (χ2n) is 6.05. The number of amides is 1. The van der Waals surface area contributed by atoms with Gasteiger partial charge >= 0.3 is 0 Å². The highest BCUT2D eigenvalue weighted by Crippen LogP contribution is 2.17. The molecule has 0 aliphatic heterocycles.